The van der Waals surface area contributed by atoms with Gasteiger partial charge in [0.2, 0.25) is 0 Å². The molecular formula is C9H18Cl6O8P2. The number of hydrogen-bond donors (Lipinski definition) is 3. The molecule has 0 radical (unpaired) electrons. The Morgan fingerprint density at radius 3 is 0.880 bits per heavy atom. The van der Waals surface area contributed by atoms with Gasteiger partial charge < -0.3 is 14.7 Å². The van der Waals surface area contributed by atoms with Crippen LogP contribution in [-0.4, -0.2) is 68.3 Å². The van der Waals surface area contributed by atoms with Crippen molar-refractivity contribution < 1.29 is 37.4 Å². The van der Waals surface area contributed by atoms with Crippen molar-refractivity contribution >= 4 is 85.3 Å². The van der Waals surface area contributed by atoms with Crippen LogP contribution in [0.3, 0.4) is 0 Å². The Balaban J connectivity index is 0. The molecular weight excluding hydrogens is 511 g/mol. The lowest BCUT2D eigenvalue weighted by molar-refractivity contribution is 0.0605. The van der Waals surface area contributed by atoms with Gasteiger partial charge in [0.05, 0.1) is 53.6 Å². The molecule has 0 aliphatic rings. The summed E-state index contributed by atoms with van der Waals surface area (Å²) in [6.07, 6.45) is -2.16. The summed E-state index contributed by atoms with van der Waals surface area (Å²) in [6.45, 7) is 0. The van der Waals surface area contributed by atoms with Crippen LogP contribution in [0.2, 0.25) is 0 Å². The van der Waals surface area contributed by atoms with Gasteiger partial charge in [0.15, 0.2) is 0 Å². The van der Waals surface area contributed by atoms with E-state index in [9.17, 15) is 4.57 Å². The molecule has 0 fully saturated rings. The van der Waals surface area contributed by atoms with Gasteiger partial charge in [0.25, 0.3) is 0 Å². The van der Waals surface area contributed by atoms with Crippen LogP contribution in [-0.2, 0) is 22.7 Å². The fourth-order valence-corrected chi connectivity index (χ4v) is 4.50. The maximum absolute atomic E-state index is 12.6. The van der Waals surface area contributed by atoms with Crippen molar-refractivity contribution in [2.75, 3.05) is 35.3 Å². The Labute approximate surface area is 175 Å². The van der Waals surface area contributed by atoms with Crippen LogP contribution in [0.4, 0.5) is 0 Å². The van der Waals surface area contributed by atoms with Gasteiger partial charge in [-0.2, -0.15) is 0 Å². The van der Waals surface area contributed by atoms with Crippen molar-refractivity contribution in [2.24, 2.45) is 0 Å². The molecule has 0 heterocycles. The lowest BCUT2D eigenvalue weighted by atomic mass is 10.5. The number of phosphoric ester groups is 1. The third-order valence-electron chi connectivity index (χ3n) is 1.87. The average Bonchev–Trinajstić information content (AvgIpc) is 2.54. The van der Waals surface area contributed by atoms with Gasteiger partial charge in [-0.3, -0.25) is 13.6 Å². The van der Waals surface area contributed by atoms with E-state index in [2.05, 4.69) is 0 Å². The summed E-state index contributed by atoms with van der Waals surface area (Å²) >= 11 is 33.8. The summed E-state index contributed by atoms with van der Waals surface area (Å²) in [5, 5.41) is 0. The van der Waals surface area contributed by atoms with E-state index in [4.69, 9.17) is 102 Å². The van der Waals surface area contributed by atoms with Crippen LogP contribution >= 0.6 is 85.3 Å². The van der Waals surface area contributed by atoms with Gasteiger partial charge in [-0.25, -0.2) is 9.13 Å². The van der Waals surface area contributed by atoms with E-state index in [0.717, 1.165) is 0 Å². The second-order valence-electron chi connectivity index (χ2n) is 4.07. The minimum atomic E-state index is -4.64. The van der Waals surface area contributed by atoms with Crippen molar-refractivity contribution in [3.63, 3.8) is 0 Å². The largest absolute Gasteiger partial charge is 0.475 e. The smallest absolute Gasteiger partial charge is 0.303 e. The molecule has 0 aromatic carbocycles. The highest BCUT2D eigenvalue weighted by molar-refractivity contribution is 7.48. The summed E-state index contributed by atoms with van der Waals surface area (Å²) in [6, 6.07) is 0. The molecule has 0 aliphatic heterocycles. The molecule has 0 rings (SSSR count). The molecule has 0 saturated carbocycles. The Morgan fingerprint density at radius 2 is 0.760 bits per heavy atom. The van der Waals surface area contributed by atoms with Crippen molar-refractivity contribution in [1.82, 2.24) is 0 Å². The zero-order chi connectivity index (χ0) is 20.1. The number of phosphoric acid groups is 2. The molecule has 0 aromatic heterocycles. The maximum Gasteiger partial charge on any atom is 0.475 e. The zero-order valence-electron chi connectivity index (χ0n) is 12.5. The minimum Gasteiger partial charge on any atom is -0.303 e. The molecule has 0 spiro atoms. The first kappa shape index (κ1) is 29.2. The standard InChI is InChI=1S/C9H15Cl6O4P.H3O4P/c10-1-7(2-11)17-20(16,18-8(3-12)4-13)19-9(5-14)6-15;1-5(2,3)4/h7-9H,1-6H2;(H3,1,2,3,4). The van der Waals surface area contributed by atoms with E-state index in [0.29, 0.717) is 0 Å². The third-order valence-corrected chi connectivity index (χ3v) is 5.60. The number of alkyl halides is 6. The lowest BCUT2D eigenvalue weighted by Crippen LogP contribution is -2.25. The number of halogens is 6. The molecule has 0 amide bonds. The lowest BCUT2D eigenvalue weighted by Gasteiger charge is -2.26. The van der Waals surface area contributed by atoms with Crippen molar-refractivity contribution in [2.45, 2.75) is 18.3 Å². The molecule has 0 unspecified atom stereocenters. The summed E-state index contributed by atoms with van der Waals surface area (Å²) in [4.78, 5) is 21.6. The van der Waals surface area contributed by atoms with Crippen LogP contribution in [0.5, 0.6) is 0 Å². The van der Waals surface area contributed by atoms with E-state index < -0.39 is 34.0 Å². The summed E-state index contributed by atoms with van der Waals surface area (Å²) in [5.74, 6) is 0.0776. The topological polar surface area (TPSA) is 123 Å². The van der Waals surface area contributed by atoms with Crippen LogP contribution in [0.15, 0.2) is 0 Å². The third kappa shape index (κ3) is 17.8. The Morgan fingerprint density at radius 1 is 0.600 bits per heavy atom. The zero-order valence-corrected chi connectivity index (χ0v) is 18.8. The van der Waals surface area contributed by atoms with E-state index in [1.165, 1.54) is 0 Å². The van der Waals surface area contributed by atoms with Gasteiger partial charge in [-0.1, -0.05) is 0 Å². The fourth-order valence-electron chi connectivity index (χ4n) is 0.915. The summed E-state index contributed by atoms with van der Waals surface area (Å²) < 4.78 is 37.1. The molecule has 0 bridgehead atoms. The molecule has 3 N–H and O–H groups in total. The molecule has 154 valence electrons. The average molecular weight is 529 g/mol. The van der Waals surface area contributed by atoms with Crippen LogP contribution in [0.1, 0.15) is 0 Å². The highest BCUT2D eigenvalue weighted by Gasteiger charge is 2.36. The second kappa shape index (κ2) is 15.8. The van der Waals surface area contributed by atoms with E-state index >= 15 is 0 Å². The van der Waals surface area contributed by atoms with Gasteiger partial charge >= 0.3 is 15.6 Å². The maximum atomic E-state index is 12.6. The van der Waals surface area contributed by atoms with Gasteiger partial charge in [0.1, 0.15) is 0 Å². The minimum absolute atomic E-state index is 0.0129. The highest BCUT2D eigenvalue weighted by atomic mass is 35.5. The predicted octanol–water partition coefficient (Wildman–Crippen LogP) is 3.75. The van der Waals surface area contributed by atoms with Crippen LogP contribution in [0.25, 0.3) is 0 Å². The summed E-state index contributed by atoms with van der Waals surface area (Å²) in [5.41, 5.74) is 0. The molecule has 0 atom stereocenters. The molecule has 8 nitrogen and oxygen atoms in total. The highest BCUT2D eigenvalue weighted by Crippen LogP contribution is 2.53. The first-order valence-corrected chi connectivity index (χ1v) is 12.5. The van der Waals surface area contributed by atoms with Crippen molar-refractivity contribution in [3.05, 3.63) is 0 Å². The SMILES string of the molecule is O=P(O)(O)O.O=P(OC(CCl)CCl)(OC(CCl)CCl)OC(CCl)CCl. The number of hydrogen-bond acceptors (Lipinski definition) is 5. The van der Waals surface area contributed by atoms with Gasteiger partial charge in [0, 0.05) is 0 Å². The quantitative estimate of drug-likeness (QED) is 0.258. The molecule has 0 aromatic rings. The second-order valence-corrected chi connectivity index (χ2v) is 8.47. The van der Waals surface area contributed by atoms with Crippen LogP contribution in [0, 0.1) is 0 Å². The summed E-state index contributed by atoms with van der Waals surface area (Å²) in [7, 11) is -8.63. The molecule has 25 heavy (non-hydrogen) atoms. The number of rotatable bonds is 12. The van der Waals surface area contributed by atoms with E-state index in [1.54, 1.807) is 0 Å². The Hall–Kier alpha value is 1.96. The monoisotopic (exact) mass is 526 g/mol. The molecule has 0 saturated heterocycles. The van der Waals surface area contributed by atoms with Crippen molar-refractivity contribution in [1.29, 1.82) is 0 Å². The van der Waals surface area contributed by atoms with Gasteiger partial charge in [-0.05, 0) is 0 Å². The predicted molar refractivity (Wildman–Crippen MR) is 101 cm³/mol. The normalized spacial score (nSPS) is 12.6. The Bertz CT molecular complexity index is 364. The Kier molecular flexibility index (Phi) is 18.5. The fraction of sp³-hybridized carbons (Fsp3) is 1.00. The van der Waals surface area contributed by atoms with E-state index in [1.807, 2.05) is 0 Å². The van der Waals surface area contributed by atoms with Gasteiger partial charge in [-0.15, -0.1) is 69.6 Å². The van der Waals surface area contributed by atoms with E-state index in [-0.39, 0.29) is 35.3 Å². The van der Waals surface area contributed by atoms with Crippen molar-refractivity contribution in [3.8, 4) is 0 Å². The first-order chi connectivity index (χ1) is 11.5. The molecule has 16 heteroatoms. The van der Waals surface area contributed by atoms with Crippen LogP contribution < -0.4 is 0 Å². The first-order valence-electron chi connectivity index (χ1n) is 6.27. The molecule has 0 aliphatic carbocycles.